The number of halogens is 1. The molecule has 6 nitrogen and oxygen atoms in total. The summed E-state index contributed by atoms with van der Waals surface area (Å²) in [7, 11) is 0. The van der Waals surface area contributed by atoms with Gasteiger partial charge < -0.3 is 20.7 Å². The lowest BCUT2D eigenvalue weighted by Gasteiger charge is -2.36. The molecule has 3 atom stereocenters. The number of nitrogens with two attached hydrogens (primary N) is 1. The summed E-state index contributed by atoms with van der Waals surface area (Å²) >= 11 is 6.07. The highest BCUT2D eigenvalue weighted by atomic mass is 35.5. The molecule has 7 heteroatoms. The van der Waals surface area contributed by atoms with Crippen LogP contribution in [0.5, 0.6) is 0 Å². The summed E-state index contributed by atoms with van der Waals surface area (Å²) in [6.45, 7) is 7.57. The quantitative estimate of drug-likeness (QED) is 0.799. The largest absolute Gasteiger partial charge is 0.372 e. The first-order chi connectivity index (χ1) is 13.3. The zero-order valence-electron chi connectivity index (χ0n) is 16.5. The maximum absolute atomic E-state index is 12.9. The second-order valence-electron chi connectivity index (χ2n) is 7.36. The minimum Gasteiger partial charge on any atom is -0.372 e. The number of rotatable bonds is 5. The predicted molar refractivity (Wildman–Crippen MR) is 113 cm³/mol. The standard InChI is InChI=1S/C21H27ClN4O2/c1-4-21(23,16-6-5-7-17(22)10-16)20(27)25-18-8-9-19(24-11-18)26-12-14(2)28-15(3)13-26/h5-11,14-15H,4,12-13,23H2,1-3H3,(H,25,27). The zero-order chi connectivity index (χ0) is 20.3. The van der Waals surface area contributed by atoms with Crippen molar-refractivity contribution in [3.05, 3.63) is 53.2 Å². The van der Waals surface area contributed by atoms with Crippen LogP contribution in [-0.4, -0.2) is 36.2 Å². The second kappa shape index (κ2) is 8.47. The molecule has 3 unspecified atom stereocenters. The highest BCUT2D eigenvalue weighted by Crippen LogP contribution is 2.27. The van der Waals surface area contributed by atoms with Crippen LogP contribution in [0, 0.1) is 0 Å². The summed E-state index contributed by atoms with van der Waals surface area (Å²) in [4.78, 5) is 19.6. The van der Waals surface area contributed by atoms with Crippen LogP contribution in [0.2, 0.25) is 5.02 Å². The van der Waals surface area contributed by atoms with Crippen molar-refractivity contribution in [1.82, 2.24) is 4.98 Å². The first kappa shape index (κ1) is 20.6. The highest BCUT2D eigenvalue weighted by molar-refractivity contribution is 6.30. The van der Waals surface area contributed by atoms with Crippen molar-refractivity contribution < 1.29 is 9.53 Å². The number of aromatic nitrogens is 1. The Kier molecular flexibility index (Phi) is 6.23. The molecule has 1 amide bonds. The number of hydrogen-bond acceptors (Lipinski definition) is 5. The average molecular weight is 403 g/mol. The van der Waals surface area contributed by atoms with Gasteiger partial charge in [0.1, 0.15) is 11.4 Å². The van der Waals surface area contributed by atoms with Gasteiger partial charge in [0.2, 0.25) is 5.91 Å². The van der Waals surface area contributed by atoms with Gasteiger partial charge in [0.15, 0.2) is 0 Å². The van der Waals surface area contributed by atoms with E-state index in [9.17, 15) is 4.79 Å². The number of amides is 1. The van der Waals surface area contributed by atoms with Crippen LogP contribution in [-0.2, 0) is 15.1 Å². The van der Waals surface area contributed by atoms with Crippen LogP contribution in [0.25, 0.3) is 0 Å². The van der Waals surface area contributed by atoms with Crippen LogP contribution >= 0.6 is 11.6 Å². The van der Waals surface area contributed by atoms with E-state index in [2.05, 4.69) is 29.0 Å². The van der Waals surface area contributed by atoms with Gasteiger partial charge in [-0.3, -0.25) is 4.79 Å². The molecule has 150 valence electrons. The van der Waals surface area contributed by atoms with Gasteiger partial charge in [-0.05, 0) is 50.1 Å². The molecule has 0 radical (unpaired) electrons. The van der Waals surface area contributed by atoms with Gasteiger partial charge >= 0.3 is 0 Å². The molecule has 3 N–H and O–H groups in total. The number of nitrogens with zero attached hydrogens (tertiary/aromatic N) is 2. The van der Waals surface area contributed by atoms with Crippen LogP contribution in [0.15, 0.2) is 42.6 Å². The molecule has 0 saturated carbocycles. The third-order valence-electron chi connectivity index (χ3n) is 5.05. The van der Waals surface area contributed by atoms with E-state index < -0.39 is 5.54 Å². The van der Waals surface area contributed by atoms with Crippen molar-refractivity contribution in [2.45, 2.75) is 44.9 Å². The molecule has 0 bridgehead atoms. The van der Waals surface area contributed by atoms with E-state index in [0.29, 0.717) is 22.7 Å². The second-order valence-corrected chi connectivity index (χ2v) is 7.79. The lowest BCUT2D eigenvalue weighted by molar-refractivity contribution is -0.121. The summed E-state index contributed by atoms with van der Waals surface area (Å²) in [5, 5.41) is 3.44. The Morgan fingerprint density at radius 1 is 1.32 bits per heavy atom. The van der Waals surface area contributed by atoms with Crippen molar-refractivity contribution in [2.24, 2.45) is 5.73 Å². The fourth-order valence-corrected chi connectivity index (χ4v) is 3.71. The number of ether oxygens (including phenoxy) is 1. The fraction of sp³-hybridized carbons (Fsp3) is 0.429. The topological polar surface area (TPSA) is 80.5 Å². The maximum atomic E-state index is 12.9. The third kappa shape index (κ3) is 4.46. The number of benzene rings is 1. The van der Waals surface area contributed by atoms with E-state index >= 15 is 0 Å². The van der Waals surface area contributed by atoms with Gasteiger partial charge in [-0.25, -0.2) is 4.98 Å². The molecule has 1 fully saturated rings. The number of hydrogen-bond donors (Lipinski definition) is 2. The summed E-state index contributed by atoms with van der Waals surface area (Å²) in [6, 6.07) is 10.9. The Morgan fingerprint density at radius 2 is 2.04 bits per heavy atom. The van der Waals surface area contributed by atoms with Gasteiger partial charge in [0.25, 0.3) is 0 Å². The molecule has 1 aliphatic rings. The van der Waals surface area contributed by atoms with Gasteiger partial charge in [-0.15, -0.1) is 0 Å². The summed E-state index contributed by atoms with van der Waals surface area (Å²) < 4.78 is 5.76. The minimum atomic E-state index is -1.17. The lowest BCUT2D eigenvalue weighted by atomic mass is 9.87. The van der Waals surface area contributed by atoms with Crippen LogP contribution in [0.1, 0.15) is 32.8 Å². The van der Waals surface area contributed by atoms with Crippen molar-refractivity contribution in [1.29, 1.82) is 0 Å². The molecule has 1 aromatic heterocycles. The molecule has 0 spiro atoms. The van der Waals surface area contributed by atoms with Gasteiger partial charge in [0.05, 0.1) is 24.1 Å². The molecular formula is C21H27ClN4O2. The van der Waals surface area contributed by atoms with Crippen LogP contribution in [0.3, 0.4) is 0 Å². The van der Waals surface area contributed by atoms with E-state index in [4.69, 9.17) is 22.1 Å². The minimum absolute atomic E-state index is 0.157. The molecule has 28 heavy (non-hydrogen) atoms. The van der Waals surface area contributed by atoms with Gasteiger partial charge in [0, 0.05) is 18.1 Å². The first-order valence-corrected chi connectivity index (χ1v) is 9.92. The average Bonchev–Trinajstić information content (AvgIpc) is 2.67. The Hall–Kier alpha value is -2.15. The first-order valence-electron chi connectivity index (χ1n) is 9.54. The number of pyridine rings is 1. The van der Waals surface area contributed by atoms with E-state index in [1.54, 1.807) is 24.4 Å². The van der Waals surface area contributed by atoms with Gasteiger partial charge in [-0.2, -0.15) is 0 Å². The highest BCUT2D eigenvalue weighted by Gasteiger charge is 2.34. The molecule has 1 aliphatic heterocycles. The van der Waals surface area contributed by atoms with E-state index in [1.165, 1.54) is 0 Å². The summed E-state index contributed by atoms with van der Waals surface area (Å²) in [5.41, 5.74) is 6.56. The lowest BCUT2D eigenvalue weighted by Crippen LogP contribution is -2.48. The van der Waals surface area contributed by atoms with E-state index in [1.807, 2.05) is 25.1 Å². The van der Waals surface area contributed by atoms with Crippen molar-refractivity contribution in [3.8, 4) is 0 Å². The molecule has 2 aromatic rings. The smallest absolute Gasteiger partial charge is 0.249 e. The normalized spacial score (nSPS) is 21.8. The number of carbonyl (C=O) groups is 1. The Balaban J connectivity index is 1.73. The molecule has 0 aliphatic carbocycles. The molecule has 1 aromatic carbocycles. The van der Waals surface area contributed by atoms with E-state index in [0.717, 1.165) is 18.9 Å². The van der Waals surface area contributed by atoms with Crippen molar-refractivity contribution in [3.63, 3.8) is 0 Å². The summed E-state index contributed by atoms with van der Waals surface area (Å²) in [5.74, 6) is 0.574. The number of morpholine rings is 1. The summed E-state index contributed by atoms with van der Waals surface area (Å²) in [6.07, 6.45) is 2.41. The number of carbonyl (C=O) groups excluding carboxylic acids is 1. The SMILES string of the molecule is CCC(N)(C(=O)Nc1ccc(N2CC(C)OC(C)C2)nc1)c1cccc(Cl)c1. The molecule has 2 heterocycles. The van der Waals surface area contributed by atoms with Gasteiger partial charge in [-0.1, -0.05) is 30.7 Å². The van der Waals surface area contributed by atoms with Crippen molar-refractivity contribution in [2.75, 3.05) is 23.3 Å². The number of nitrogens with one attached hydrogen (secondary N) is 1. The van der Waals surface area contributed by atoms with Crippen LogP contribution in [0.4, 0.5) is 11.5 Å². The maximum Gasteiger partial charge on any atom is 0.249 e. The third-order valence-corrected chi connectivity index (χ3v) is 5.29. The van der Waals surface area contributed by atoms with Crippen molar-refractivity contribution >= 4 is 29.0 Å². The Bertz CT molecular complexity index is 819. The molecule has 1 saturated heterocycles. The monoisotopic (exact) mass is 402 g/mol. The van der Waals surface area contributed by atoms with Crippen LogP contribution < -0.4 is 16.0 Å². The molecule has 3 rings (SSSR count). The number of anilines is 2. The zero-order valence-corrected chi connectivity index (χ0v) is 17.2. The Labute approximate surface area is 171 Å². The predicted octanol–water partition coefficient (Wildman–Crippen LogP) is 3.55. The van der Waals surface area contributed by atoms with E-state index in [-0.39, 0.29) is 18.1 Å². The fourth-order valence-electron chi connectivity index (χ4n) is 3.52. The Morgan fingerprint density at radius 3 is 2.61 bits per heavy atom. The molecular weight excluding hydrogens is 376 g/mol.